The largest absolute Gasteiger partial charge is 0.508 e. The van der Waals surface area contributed by atoms with E-state index in [1.165, 1.54) is 0 Å². The molecule has 0 aliphatic carbocycles. The number of phenolic OH excluding ortho intramolecular Hbond substituents is 1. The van der Waals surface area contributed by atoms with Crippen LogP contribution in [-0.2, 0) is 4.74 Å². The van der Waals surface area contributed by atoms with E-state index >= 15 is 0 Å². The van der Waals surface area contributed by atoms with Crippen LogP contribution in [0.2, 0.25) is 5.02 Å². The van der Waals surface area contributed by atoms with Crippen LogP contribution in [0.5, 0.6) is 5.75 Å². The van der Waals surface area contributed by atoms with E-state index in [0.717, 1.165) is 18.4 Å². The molecule has 7 heteroatoms. The van der Waals surface area contributed by atoms with Gasteiger partial charge in [-0.1, -0.05) is 23.7 Å². The summed E-state index contributed by atoms with van der Waals surface area (Å²) < 4.78 is 11.6. The summed E-state index contributed by atoms with van der Waals surface area (Å²) in [6.07, 6.45) is 1.73. The highest BCUT2D eigenvalue weighted by molar-refractivity contribution is 6.31. The summed E-state index contributed by atoms with van der Waals surface area (Å²) in [6.45, 7) is 1.04. The molecule has 148 valence electrons. The van der Waals surface area contributed by atoms with E-state index in [9.17, 15) is 14.7 Å². The Labute approximate surface area is 171 Å². The molecule has 2 aromatic carbocycles. The summed E-state index contributed by atoms with van der Waals surface area (Å²) in [4.78, 5) is 28.3. The molecule has 2 atom stereocenters. The number of aromatic hydroxyl groups is 1. The number of hydrogen-bond acceptors (Lipinski definition) is 5. The average molecular weight is 412 g/mol. The van der Waals surface area contributed by atoms with Gasteiger partial charge in [-0.3, -0.25) is 9.59 Å². The third-order valence-electron chi connectivity index (χ3n) is 5.56. The number of carbonyl (C=O) groups is 1. The van der Waals surface area contributed by atoms with Crippen molar-refractivity contribution in [1.29, 1.82) is 0 Å². The number of fused-ring (bicyclic) bond motifs is 2. The monoisotopic (exact) mass is 411 g/mol. The van der Waals surface area contributed by atoms with Crippen molar-refractivity contribution in [2.24, 2.45) is 0 Å². The van der Waals surface area contributed by atoms with Gasteiger partial charge in [-0.15, -0.1) is 0 Å². The zero-order chi connectivity index (χ0) is 20.1. The fraction of sp³-hybridized carbons (Fsp3) is 0.273. The maximum Gasteiger partial charge on any atom is 0.291 e. The van der Waals surface area contributed by atoms with E-state index in [-0.39, 0.29) is 28.9 Å². The fourth-order valence-corrected chi connectivity index (χ4v) is 4.36. The van der Waals surface area contributed by atoms with Crippen LogP contribution in [0.15, 0.2) is 51.7 Å². The van der Waals surface area contributed by atoms with Crippen molar-refractivity contribution in [2.45, 2.75) is 25.0 Å². The number of halogens is 1. The second kappa shape index (κ2) is 6.90. The Bertz CT molecular complexity index is 1160. The molecule has 0 saturated carbocycles. The molecule has 1 aromatic heterocycles. The van der Waals surface area contributed by atoms with Crippen molar-refractivity contribution in [3.05, 3.63) is 74.6 Å². The highest BCUT2D eigenvalue weighted by Gasteiger charge is 2.43. The maximum absolute atomic E-state index is 13.4. The lowest BCUT2D eigenvalue weighted by Gasteiger charge is -2.27. The lowest BCUT2D eigenvalue weighted by Crippen LogP contribution is -2.36. The minimum atomic E-state index is -0.609. The van der Waals surface area contributed by atoms with Crippen molar-refractivity contribution >= 4 is 28.5 Å². The Morgan fingerprint density at radius 2 is 1.93 bits per heavy atom. The number of ether oxygens (including phenoxy) is 1. The van der Waals surface area contributed by atoms with Gasteiger partial charge in [-0.25, -0.2) is 0 Å². The quantitative estimate of drug-likeness (QED) is 0.707. The molecule has 0 spiro atoms. The standard InChI is InChI=1S/C22H18ClNO5/c23-13-5-8-17-16(10-13)20(26)18-19(12-3-6-14(25)7-4-12)24(22(27)21(18)29-17)11-15-2-1-9-28-15/h3-8,10,15,19,25H,1-2,9,11H2/t15-,19+/m1/s1. The van der Waals surface area contributed by atoms with Crippen molar-refractivity contribution in [3.8, 4) is 5.75 Å². The number of amides is 1. The third kappa shape index (κ3) is 2.99. The van der Waals surface area contributed by atoms with Gasteiger partial charge in [0.15, 0.2) is 5.43 Å². The highest BCUT2D eigenvalue weighted by atomic mass is 35.5. The summed E-state index contributed by atoms with van der Waals surface area (Å²) >= 11 is 6.08. The smallest absolute Gasteiger partial charge is 0.291 e. The molecule has 1 amide bonds. The molecular formula is C22H18ClNO5. The first-order chi connectivity index (χ1) is 14.0. The van der Waals surface area contributed by atoms with E-state index in [0.29, 0.717) is 34.7 Å². The van der Waals surface area contributed by atoms with E-state index in [4.69, 9.17) is 20.8 Å². The van der Waals surface area contributed by atoms with E-state index in [2.05, 4.69) is 0 Å². The minimum Gasteiger partial charge on any atom is -0.508 e. The molecule has 0 radical (unpaired) electrons. The van der Waals surface area contributed by atoms with Gasteiger partial charge >= 0.3 is 0 Å². The molecule has 2 aliphatic heterocycles. The summed E-state index contributed by atoms with van der Waals surface area (Å²) in [5, 5.41) is 10.4. The molecule has 6 nitrogen and oxygen atoms in total. The third-order valence-corrected chi connectivity index (χ3v) is 5.80. The molecule has 5 rings (SSSR count). The van der Waals surface area contributed by atoms with Crippen LogP contribution in [0.4, 0.5) is 0 Å². The number of nitrogens with zero attached hydrogens (tertiary/aromatic N) is 1. The minimum absolute atomic E-state index is 0.0564. The fourth-order valence-electron chi connectivity index (χ4n) is 4.19. The van der Waals surface area contributed by atoms with E-state index in [1.54, 1.807) is 47.4 Å². The first-order valence-electron chi connectivity index (χ1n) is 9.50. The number of phenols is 1. The van der Waals surface area contributed by atoms with Crippen LogP contribution in [-0.4, -0.2) is 35.2 Å². The molecule has 1 saturated heterocycles. The van der Waals surface area contributed by atoms with Gasteiger partial charge in [0, 0.05) is 18.2 Å². The maximum atomic E-state index is 13.4. The van der Waals surface area contributed by atoms with Crippen LogP contribution in [0.1, 0.15) is 40.6 Å². The van der Waals surface area contributed by atoms with Crippen LogP contribution in [0, 0.1) is 0 Å². The first kappa shape index (κ1) is 18.2. The van der Waals surface area contributed by atoms with Gasteiger partial charge in [-0.2, -0.15) is 0 Å². The molecule has 0 bridgehead atoms. The Kier molecular flexibility index (Phi) is 4.33. The molecule has 29 heavy (non-hydrogen) atoms. The van der Waals surface area contributed by atoms with Crippen molar-refractivity contribution in [2.75, 3.05) is 13.2 Å². The topological polar surface area (TPSA) is 80.0 Å². The summed E-state index contributed by atoms with van der Waals surface area (Å²) in [5.41, 5.74) is 1.08. The normalized spacial score (nSPS) is 21.1. The number of rotatable bonds is 3. The lowest BCUT2D eigenvalue weighted by molar-refractivity contribution is 0.0486. The van der Waals surface area contributed by atoms with Gasteiger partial charge in [-0.05, 0) is 48.7 Å². The van der Waals surface area contributed by atoms with Gasteiger partial charge in [0.2, 0.25) is 5.76 Å². The van der Waals surface area contributed by atoms with Gasteiger partial charge in [0.25, 0.3) is 5.91 Å². The van der Waals surface area contributed by atoms with E-state index < -0.39 is 6.04 Å². The van der Waals surface area contributed by atoms with Crippen molar-refractivity contribution < 1.29 is 19.1 Å². The van der Waals surface area contributed by atoms with Crippen molar-refractivity contribution in [1.82, 2.24) is 4.90 Å². The van der Waals surface area contributed by atoms with Crippen LogP contribution < -0.4 is 5.43 Å². The van der Waals surface area contributed by atoms with Crippen LogP contribution in [0.25, 0.3) is 11.0 Å². The van der Waals surface area contributed by atoms with Crippen LogP contribution >= 0.6 is 11.6 Å². The Hall–Kier alpha value is -2.83. The first-order valence-corrected chi connectivity index (χ1v) is 9.88. The predicted molar refractivity (Wildman–Crippen MR) is 107 cm³/mol. The molecule has 0 unspecified atom stereocenters. The van der Waals surface area contributed by atoms with Crippen LogP contribution in [0.3, 0.4) is 0 Å². The van der Waals surface area contributed by atoms with Gasteiger partial charge in [0.1, 0.15) is 11.3 Å². The number of benzene rings is 2. The number of carbonyl (C=O) groups excluding carboxylic acids is 1. The Balaban J connectivity index is 1.71. The second-order valence-electron chi connectivity index (χ2n) is 7.40. The second-order valence-corrected chi connectivity index (χ2v) is 7.84. The zero-order valence-electron chi connectivity index (χ0n) is 15.4. The predicted octanol–water partition coefficient (Wildman–Crippen LogP) is 3.88. The molecule has 1 fully saturated rings. The number of hydrogen-bond donors (Lipinski definition) is 1. The molecule has 3 heterocycles. The highest BCUT2D eigenvalue weighted by Crippen LogP contribution is 2.39. The molecular weight excluding hydrogens is 394 g/mol. The van der Waals surface area contributed by atoms with Crippen molar-refractivity contribution in [3.63, 3.8) is 0 Å². The molecule has 1 N–H and O–H groups in total. The summed E-state index contributed by atoms with van der Waals surface area (Å²) in [6, 6.07) is 10.7. The zero-order valence-corrected chi connectivity index (χ0v) is 16.2. The molecule has 2 aliphatic rings. The van der Waals surface area contributed by atoms with Gasteiger partial charge < -0.3 is 19.2 Å². The average Bonchev–Trinajstić information content (AvgIpc) is 3.32. The van der Waals surface area contributed by atoms with Gasteiger partial charge in [0.05, 0.1) is 23.1 Å². The summed E-state index contributed by atoms with van der Waals surface area (Å²) in [5.74, 6) is -0.162. The Morgan fingerprint density at radius 1 is 1.14 bits per heavy atom. The summed E-state index contributed by atoms with van der Waals surface area (Å²) in [7, 11) is 0. The molecule has 3 aromatic rings. The van der Waals surface area contributed by atoms with E-state index in [1.807, 2.05) is 0 Å². The lowest BCUT2D eigenvalue weighted by atomic mass is 9.98. The Morgan fingerprint density at radius 3 is 2.66 bits per heavy atom. The SMILES string of the molecule is O=C1c2oc3ccc(Cl)cc3c(=O)c2[C@H](c2ccc(O)cc2)N1C[C@H]1CCCO1.